The van der Waals surface area contributed by atoms with E-state index >= 15 is 0 Å². The van der Waals surface area contributed by atoms with Crippen LogP contribution in [0.5, 0.6) is 0 Å². The fraction of sp³-hybridized carbons (Fsp3) is 0.800. The molecule has 33 heavy (non-hydrogen) atoms. The molecule has 0 unspecified atom stereocenters. The van der Waals surface area contributed by atoms with Gasteiger partial charge in [-0.05, 0) is 119 Å². The van der Waals surface area contributed by atoms with Crippen LogP contribution in [0.4, 0.5) is 0 Å². The molecule has 3 rings (SSSR count). The highest BCUT2D eigenvalue weighted by atomic mass is 16.3. The summed E-state index contributed by atoms with van der Waals surface area (Å²) in [4.78, 5) is 0. The monoisotopic (exact) mass is 458 g/mol. The molecule has 3 nitrogen and oxygen atoms in total. The van der Waals surface area contributed by atoms with Crippen LogP contribution in [-0.2, 0) is 0 Å². The summed E-state index contributed by atoms with van der Waals surface area (Å²) in [6, 6.07) is 0. The van der Waals surface area contributed by atoms with Crippen molar-refractivity contribution < 1.29 is 15.3 Å². The SMILES string of the molecule is C=C1CC[C@H](O)C/C1=C(/C=C1\CCC[C@]2(C)[C@@H]([C@H](C)CCCC(C)(C)O)CC[C@@H]12)CCCO. The first-order chi connectivity index (χ1) is 15.5. The van der Waals surface area contributed by atoms with Gasteiger partial charge in [0, 0.05) is 6.61 Å². The van der Waals surface area contributed by atoms with Gasteiger partial charge < -0.3 is 15.3 Å². The molecule has 0 aromatic rings. The lowest BCUT2D eigenvalue weighted by Crippen LogP contribution is -2.36. The summed E-state index contributed by atoms with van der Waals surface area (Å²) in [6.07, 6.45) is 15.9. The van der Waals surface area contributed by atoms with Gasteiger partial charge in [-0.25, -0.2) is 0 Å². The lowest BCUT2D eigenvalue weighted by Gasteiger charge is -2.44. The number of fused-ring (bicyclic) bond motifs is 1. The molecule has 5 atom stereocenters. The third-order valence-electron chi connectivity index (χ3n) is 9.17. The lowest BCUT2D eigenvalue weighted by molar-refractivity contribution is 0.0596. The number of hydrogen-bond donors (Lipinski definition) is 3. The van der Waals surface area contributed by atoms with Crippen molar-refractivity contribution in [2.45, 2.75) is 123 Å². The maximum atomic E-state index is 10.3. The number of aliphatic hydroxyl groups is 3. The van der Waals surface area contributed by atoms with E-state index in [-0.39, 0.29) is 12.7 Å². The van der Waals surface area contributed by atoms with Crippen LogP contribution in [0.3, 0.4) is 0 Å². The van der Waals surface area contributed by atoms with Crippen molar-refractivity contribution >= 4 is 0 Å². The lowest BCUT2D eigenvalue weighted by atomic mass is 9.60. The maximum Gasteiger partial charge on any atom is 0.0591 e. The van der Waals surface area contributed by atoms with Crippen molar-refractivity contribution in [2.24, 2.45) is 23.2 Å². The van der Waals surface area contributed by atoms with E-state index in [9.17, 15) is 15.3 Å². The molecule has 0 bridgehead atoms. The zero-order valence-corrected chi connectivity index (χ0v) is 21.8. The minimum Gasteiger partial charge on any atom is -0.396 e. The number of hydrogen-bond acceptors (Lipinski definition) is 3. The van der Waals surface area contributed by atoms with Gasteiger partial charge in [0.25, 0.3) is 0 Å². The van der Waals surface area contributed by atoms with Gasteiger partial charge in [0.15, 0.2) is 0 Å². The average molecular weight is 459 g/mol. The van der Waals surface area contributed by atoms with Crippen LogP contribution >= 0.6 is 0 Å². The Morgan fingerprint density at radius 1 is 1.21 bits per heavy atom. The molecule has 0 amide bonds. The Balaban J connectivity index is 1.81. The Morgan fingerprint density at radius 2 is 1.97 bits per heavy atom. The summed E-state index contributed by atoms with van der Waals surface area (Å²) < 4.78 is 0. The molecule has 3 N–H and O–H groups in total. The van der Waals surface area contributed by atoms with E-state index < -0.39 is 5.60 Å². The molecule has 3 saturated carbocycles. The summed E-state index contributed by atoms with van der Waals surface area (Å²) in [7, 11) is 0. The molecule has 0 aliphatic heterocycles. The second-order valence-electron chi connectivity index (χ2n) is 12.3. The predicted molar refractivity (Wildman–Crippen MR) is 138 cm³/mol. The molecule has 3 aliphatic carbocycles. The maximum absolute atomic E-state index is 10.3. The predicted octanol–water partition coefficient (Wildman–Crippen LogP) is 6.88. The highest BCUT2D eigenvalue weighted by Crippen LogP contribution is 2.60. The third kappa shape index (κ3) is 6.61. The summed E-state index contributed by atoms with van der Waals surface area (Å²) in [5, 5.41) is 29.9. The summed E-state index contributed by atoms with van der Waals surface area (Å²) in [5.74, 6) is 2.11. The van der Waals surface area contributed by atoms with Gasteiger partial charge in [-0.1, -0.05) is 50.5 Å². The Kier molecular flexibility index (Phi) is 9.08. The fourth-order valence-electron chi connectivity index (χ4n) is 7.38. The summed E-state index contributed by atoms with van der Waals surface area (Å²) in [6.45, 7) is 13.4. The van der Waals surface area contributed by atoms with E-state index in [1.807, 2.05) is 13.8 Å². The van der Waals surface area contributed by atoms with E-state index in [1.54, 1.807) is 5.57 Å². The molecule has 0 aromatic heterocycles. The summed E-state index contributed by atoms with van der Waals surface area (Å²) >= 11 is 0. The van der Waals surface area contributed by atoms with Gasteiger partial charge in [0.05, 0.1) is 11.7 Å². The molecule has 3 fully saturated rings. The van der Waals surface area contributed by atoms with Gasteiger partial charge >= 0.3 is 0 Å². The van der Waals surface area contributed by atoms with E-state index in [4.69, 9.17) is 0 Å². The van der Waals surface area contributed by atoms with Crippen molar-refractivity contribution in [1.82, 2.24) is 0 Å². The van der Waals surface area contributed by atoms with Gasteiger partial charge in [-0.15, -0.1) is 0 Å². The molecule has 0 saturated heterocycles. The van der Waals surface area contributed by atoms with Gasteiger partial charge in [-0.2, -0.15) is 0 Å². The van der Waals surface area contributed by atoms with Crippen LogP contribution in [0.15, 0.2) is 34.9 Å². The van der Waals surface area contributed by atoms with Gasteiger partial charge in [-0.3, -0.25) is 0 Å². The number of rotatable bonds is 9. The van der Waals surface area contributed by atoms with Crippen LogP contribution in [-0.4, -0.2) is 33.6 Å². The van der Waals surface area contributed by atoms with Crippen LogP contribution in [0.1, 0.15) is 111 Å². The molecule has 188 valence electrons. The first-order valence-electron chi connectivity index (χ1n) is 13.7. The Hall–Kier alpha value is -0.900. The van der Waals surface area contributed by atoms with Crippen LogP contribution < -0.4 is 0 Å². The Labute approximate surface area is 203 Å². The third-order valence-corrected chi connectivity index (χ3v) is 9.17. The van der Waals surface area contributed by atoms with Crippen molar-refractivity contribution in [1.29, 1.82) is 0 Å². The van der Waals surface area contributed by atoms with Crippen molar-refractivity contribution in [3.8, 4) is 0 Å². The second kappa shape index (κ2) is 11.2. The topological polar surface area (TPSA) is 60.7 Å². The molecular weight excluding hydrogens is 408 g/mol. The summed E-state index contributed by atoms with van der Waals surface area (Å²) in [5.41, 5.74) is 5.20. The van der Waals surface area contributed by atoms with Crippen molar-refractivity contribution in [3.05, 3.63) is 34.9 Å². The Morgan fingerprint density at radius 3 is 2.67 bits per heavy atom. The smallest absolute Gasteiger partial charge is 0.0591 e. The number of allylic oxidation sites excluding steroid dienone is 4. The molecule has 0 radical (unpaired) electrons. The van der Waals surface area contributed by atoms with Gasteiger partial charge in [0.1, 0.15) is 0 Å². The van der Waals surface area contributed by atoms with Crippen LogP contribution in [0.2, 0.25) is 0 Å². The largest absolute Gasteiger partial charge is 0.396 e. The fourth-order valence-corrected chi connectivity index (χ4v) is 7.38. The zero-order valence-electron chi connectivity index (χ0n) is 21.8. The second-order valence-corrected chi connectivity index (χ2v) is 12.3. The molecule has 0 aromatic carbocycles. The zero-order chi connectivity index (χ0) is 24.2. The minimum absolute atomic E-state index is 0.209. The first kappa shape index (κ1) is 26.7. The normalized spacial score (nSPS) is 34.5. The number of aliphatic hydroxyl groups excluding tert-OH is 2. The Bertz CT molecular complexity index is 740. The molecule has 0 heterocycles. The van der Waals surface area contributed by atoms with Crippen LogP contribution in [0.25, 0.3) is 0 Å². The van der Waals surface area contributed by atoms with Crippen molar-refractivity contribution in [3.63, 3.8) is 0 Å². The average Bonchev–Trinajstić information content (AvgIpc) is 3.09. The standard InChI is InChI=1S/C30H50O3/c1-21-12-13-25(32)20-26(21)23(11-8-18-31)19-24-10-7-17-30(5)27(14-15-28(24)30)22(2)9-6-16-29(3,4)33/h19,22,25,27-28,31-33H,1,6-18,20H2,2-5H3/b24-19+,26-23-/t22-,25+,27-,28+,30-/m1/s1. The molecule has 3 aliphatic rings. The van der Waals surface area contributed by atoms with E-state index in [0.717, 1.165) is 44.4 Å². The van der Waals surface area contributed by atoms with E-state index in [1.165, 1.54) is 55.2 Å². The highest BCUT2D eigenvalue weighted by Gasteiger charge is 2.50. The molecule has 3 heteroatoms. The minimum atomic E-state index is -0.558. The van der Waals surface area contributed by atoms with Crippen LogP contribution in [0, 0.1) is 23.2 Å². The molecular formula is C30H50O3. The van der Waals surface area contributed by atoms with E-state index in [0.29, 0.717) is 23.7 Å². The molecule has 0 spiro atoms. The van der Waals surface area contributed by atoms with E-state index in [2.05, 4.69) is 26.5 Å². The van der Waals surface area contributed by atoms with Crippen molar-refractivity contribution in [2.75, 3.05) is 6.61 Å². The van der Waals surface area contributed by atoms with Gasteiger partial charge in [0.2, 0.25) is 0 Å². The highest BCUT2D eigenvalue weighted by molar-refractivity contribution is 5.43. The quantitative estimate of drug-likeness (QED) is 0.353. The first-order valence-corrected chi connectivity index (χ1v) is 13.7.